The summed E-state index contributed by atoms with van der Waals surface area (Å²) in [6, 6.07) is 9.38. The quantitative estimate of drug-likeness (QED) is 0.397. The van der Waals surface area contributed by atoms with Crippen molar-refractivity contribution in [1.29, 1.82) is 5.41 Å². The molecule has 0 spiro atoms. The van der Waals surface area contributed by atoms with Gasteiger partial charge in [-0.15, -0.1) is 0 Å². The average Bonchev–Trinajstić information content (AvgIpc) is 2.60. The van der Waals surface area contributed by atoms with Crippen molar-refractivity contribution >= 4 is 11.8 Å². The minimum absolute atomic E-state index is 0.148. The lowest BCUT2D eigenvalue weighted by molar-refractivity contribution is 0.142. The number of allylic oxidation sites excluding steroid dienone is 6. The van der Waals surface area contributed by atoms with Crippen molar-refractivity contribution in [2.45, 2.75) is 27.4 Å². The van der Waals surface area contributed by atoms with E-state index in [1.54, 1.807) is 6.92 Å². The van der Waals surface area contributed by atoms with Crippen molar-refractivity contribution in [3.63, 3.8) is 0 Å². The van der Waals surface area contributed by atoms with Crippen molar-refractivity contribution in [2.24, 2.45) is 0 Å². The van der Waals surface area contributed by atoms with Crippen LogP contribution in [0.15, 0.2) is 77.7 Å². The Balaban J connectivity index is 2.92. The van der Waals surface area contributed by atoms with Crippen LogP contribution in [0.5, 0.6) is 0 Å². The summed E-state index contributed by atoms with van der Waals surface area (Å²) in [5.74, 6) is 0.403. The van der Waals surface area contributed by atoms with E-state index >= 15 is 0 Å². The van der Waals surface area contributed by atoms with Gasteiger partial charge in [0.05, 0.1) is 12.8 Å². The third-order valence-corrected chi connectivity index (χ3v) is 3.33. The molecule has 1 aromatic rings. The van der Waals surface area contributed by atoms with Gasteiger partial charge in [-0.1, -0.05) is 60.7 Å². The van der Waals surface area contributed by atoms with Crippen molar-refractivity contribution in [3.8, 4) is 0 Å². The molecule has 1 amide bonds. The molecule has 0 aliphatic carbocycles. The highest BCUT2D eigenvalue weighted by atomic mass is 16.5. The number of hydrogen-bond donors (Lipinski definition) is 2. The third-order valence-electron chi connectivity index (χ3n) is 3.33. The molecule has 1 rings (SSSR count). The highest BCUT2D eigenvalue weighted by Gasteiger charge is 2.15. The Morgan fingerprint density at radius 2 is 1.88 bits per heavy atom. The number of rotatable bonds is 8. The van der Waals surface area contributed by atoms with Gasteiger partial charge in [0, 0.05) is 0 Å². The van der Waals surface area contributed by atoms with Gasteiger partial charge in [0.1, 0.15) is 18.1 Å². The number of hydrogen-bond acceptors (Lipinski definition) is 4. The Morgan fingerprint density at radius 1 is 1.23 bits per heavy atom. The molecule has 0 aromatic heterocycles. The largest absolute Gasteiger partial charge is 0.494 e. The van der Waals surface area contributed by atoms with Crippen LogP contribution in [-0.4, -0.2) is 18.9 Å². The molecule has 26 heavy (non-hydrogen) atoms. The lowest BCUT2D eigenvalue weighted by atomic mass is 10.1. The van der Waals surface area contributed by atoms with Gasteiger partial charge >= 0.3 is 6.09 Å². The van der Waals surface area contributed by atoms with Crippen LogP contribution in [0, 0.1) is 5.41 Å². The van der Waals surface area contributed by atoms with Gasteiger partial charge in [-0.2, -0.15) is 0 Å². The smallest absolute Gasteiger partial charge is 0.412 e. The molecule has 138 valence electrons. The molecule has 0 aliphatic heterocycles. The van der Waals surface area contributed by atoms with Crippen molar-refractivity contribution in [1.82, 2.24) is 5.32 Å². The van der Waals surface area contributed by atoms with Crippen LogP contribution in [0.25, 0.3) is 0 Å². The summed E-state index contributed by atoms with van der Waals surface area (Å²) < 4.78 is 10.6. The number of benzene rings is 1. The van der Waals surface area contributed by atoms with Crippen LogP contribution >= 0.6 is 0 Å². The maximum absolute atomic E-state index is 12.1. The van der Waals surface area contributed by atoms with Crippen molar-refractivity contribution in [3.05, 3.63) is 83.3 Å². The van der Waals surface area contributed by atoms with E-state index in [4.69, 9.17) is 14.9 Å². The fraction of sp³-hybridized carbons (Fsp3) is 0.238. The summed E-state index contributed by atoms with van der Waals surface area (Å²) in [5, 5.41) is 10.6. The summed E-state index contributed by atoms with van der Waals surface area (Å²) in [6.45, 7) is 9.25. The average molecular weight is 354 g/mol. The van der Waals surface area contributed by atoms with Gasteiger partial charge in [0.15, 0.2) is 0 Å². The second-order valence-electron chi connectivity index (χ2n) is 5.78. The minimum Gasteiger partial charge on any atom is -0.494 e. The zero-order valence-electron chi connectivity index (χ0n) is 15.8. The number of methoxy groups -OCH3 is 1. The predicted octanol–water partition coefficient (Wildman–Crippen LogP) is 4.89. The lowest BCUT2D eigenvalue weighted by Crippen LogP contribution is -2.28. The van der Waals surface area contributed by atoms with Gasteiger partial charge in [0.2, 0.25) is 0 Å². The summed E-state index contributed by atoms with van der Waals surface area (Å²) in [5.41, 5.74) is 2.99. The Kier molecular flexibility index (Phi) is 8.64. The first-order chi connectivity index (χ1) is 12.3. The molecule has 0 fully saturated rings. The monoisotopic (exact) mass is 354 g/mol. The Hall–Kier alpha value is -3.08. The summed E-state index contributed by atoms with van der Waals surface area (Å²) in [4.78, 5) is 12.1. The third kappa shape index (κ3) is 7.21. The molecular formula is C21H26N2O3. The Bertz CT molecular complexity index is 744. The Morgan fingerprint density at radius 3 is 2.42 bits per heavy atom. The second-order valence-corrected chi connectivity index (χ2v) is 5.78. The Labute approximate surface area is 155 Å². The van der Waals surface area contributed by atoms with Gasteiger partial charge in [-0.25, -0.2) is 4.79 Å². The van der Waals surface area contributed by atoms with Gasteiger partial charge in [-0.05, 0) is 31.9 Å². The fourth-order valence-electron chi connectivity index (χ4n) is 2.07. The predicted molar refractivity (Wildman–Crippen MR) is 105 cm³/mol. The molecule has 0 heterocycles. The summed E-state index contributed by atoms with van der Waals surface area (Å²) in [6.07, 6.45) is 4.87. The van der Waals surface area contributed by atoms with Crippen LogP contribution in [0.2, 0.25) is 0 Å². The number of carbonyl (C=O) groups excluding carboxylic acids is 1. The number of carbonyl (C=O) groups is 1. The SMILES string of the molecule is C=C(C)\C=C/C=C(C)/C(OC)=C(\NC(=O)OCc1ccccc1)C(C)=N. The van der Waals surface area contributed by atoms with Crippen LogP contribution in [0.4, 0.5) is 4.79 Å². The highest BCUT2D eigenvalue weighted by molar-refractivity contribution is 5.99. The summed E-state index contributed by atoms with van der Waals surface area (Å²) >= 11 is 0. The number of nitrogens with one attached hydrogen (secondary N) is 2. The maximum Gasteiger partial charge on any atom is 0.412 e. The van der Waals surface area contributed by atoms with E-state index in [1.807, 2.05) is 62.4 Å². The number of alkyl carbamates (subject to hydrolysis) is 1. The van der Waals surface area contributed by atoms with Gasteiger partial charge in [-0.3, -0.25) is 5.32 Å². The standard InChI is InChI=1S/C21H26N2O3/c1-15(2)10-9-11-16(3)20(25-5)19(17(4)22)23-21(24)26-14-18-12-7-6-8-13-18/h6-13,22H,1,14H2,2-5H3,(H,23,24)/b10-9-,16-11+,20-19+,22-17?. The molecule has 0 saturated carbocycles. The van der Waals surface area contributed by atoms with Crippen LogP contribution in [-0.2, 0) is 16.1 Å². The first kappa shape index (κ1) is 21.0. The zero-order chi connectivity index (χ0) is 19.5. The highest BCUT2D eigenvalue weighted by Crippen LogP contribution is 2.16. The topological polar surface area (TPSA) is 71.4 Å². The van der Waals surface area contributed by atoms with Gasteiger partial charge < -0.3 is 14.9 Å². The van der Waals surface area contributed by atoms with E-state index < -0.39 is 6.09 Å². The first-order valence-corrected chi connectivity index (χ1v) is 8.17. The molecule has 0 radical (unpaired) electrons. The van der Waals surface area contributed by atoms with E-state index in [9.17, 15) is 4.79 Å². The van der Waals surface area contributed by atoms with E-state index in [1.165, 1.54) is 7.11 Å². The number of amides is 1. The molecule has 5 heteroatoms. The van der Waals surface area contributed by atoms with Crippen LogP contribution in [0.1, 0.15) is 26.3 Å². The fourth-order valence-corrected chi connectivity index (χ4v) is 2.07. The number of ether oxygens (including phenoxy) is 2. The van der Waals surface area contributed by atoms with Crippen molar-refractivity contribution in [2.75, 3.05) is 7.11 Å². The molecule has 0 atom stereocenters. The molecule has 0 unspecified atom stereocenters. The zero-order valence-corrected chi connectivity index (χ0v) is 15.8. The second kappa shape index (κ2) is 10.7. The van der Waals surface area contributed by atoms with E-state index in [-0.39, 0.29) is 18.0 Å². The van der Waals surface area contributed by atoms with E-state index in [2.05, 4.69) is 11.9 Å². The molecule has 0 saturated heterocycles. The normalized spacial score (nSPS) is 12.4. The molecule has 1 aromatic carbocycles. The van der Waals surface area contributed by atoms with Crippen LogP contribution < -0.4 is 5.32 Å². The van der Waals surface area contributed by atoms with Gasteiger partial charge in [0.25, 0.3) is 0 Å². The van der Waals surface area contributed by atoms with Crippen LogP contribution in [0.3, 0.4) is 0 Å². The van der Waals surface area contributed by atoms with E-state index in [0.29, 0.717) is 5.76 Å². The first-order valence-electron chi connectivity index (χ1n) is 8.17. The lowest BCUT2D eigenvalue weighted by Gasteiger charge is -2.15. The molecule has 2 N–H and O–H groups in total. The van der Waals surface area contributed by atoms with Crippen molar-refractivity contribution < 1.29 is 14.3 Å². The molecular weight excluding hydrogens is 328 g/mol. The summed E-state index contributed by atoms with van der Waals surface area (Å²) in [7, 11) is 1.50. The maximum atomic E-state index is 12.1. The molecule has 0 aliphatic rings. The molecule has 0 bridgehead atoms. The van der Waals surface area contributed by atoms with E-state index in [0.717, 1.165) is 16.7 Å². The molecule has 5 nitrogen and oxygen atoms in total. The minimum atomic E-state index is -0.643.